The quantitative estimate of drug-likeness (QED) is 0.848. The number of nitrogens with one attached hydrogen (secondary N) is 1. The van der Waals surface area contributed by atoms with Crippen molar-refractivity contribution in [3.05, 3.63) is 33.5 Å². The van der Waals surface area contributed by atoms with Gasteiger partial charge in [0.2, 0.25) is 5.28 Å². The fraction of sp³-hybridized carbons (Fsp3) is 0. The van der Waals surface area contributed by atoms with E-state index in [4.69, 9.17) is 28.3 Å². The van der Waals surface area contributed by atoms with Crippen molar-refractivity contribution >= 4 is 51.3 Å². The molecule has 0 radical (unpaired) electrons. The molecule has 0 aliphatic rings. The first-order chi connectivity index (χ1) is 8.08. The summed E-state index contributed by atoms with van der Waals surface area (Å²) in [5.41, 5.74) is 0.154. The van der Waals surface area contributed by atoms with Crippen LogP contribution in [0.1, 0.15) is 10.4 Å². The number of anilines is 2. The topological polar surface area (TPSA) is 75.1 Å². The lowest BCUT2D eigenvalue weighted by Crippen LogP contribution is -2.01. The lowest BCUT2D eigenvalue weighted by atomic mass is 10.3. The van der Waals surface area contributed by atoms with Crippen LogP contribution in [0.3, 0.4) is 0 Å². The third-order valence-electron chi connectivity index (χ3n) is 1.84. The van der Waals surface area contributed by atoms with E-state index < -0.39 is 5.97 Å². The molecule has 0 atom stereocenters. The van der Waals surface area contributed by atoms with Crippen molar-refractivity contribution in [2.45, 2.75) is 0 Å². The summed E-state index contributed by atoms with van der Waals surface area (Å²) in [5.74, 6) is -0.748. The van der Waals surface area contributed by atoms with Crippen LogP contribution in [0.15, 0.2) is 17.6 Å². The minimum atomic E-state index is -1.02. The molecule has 2 N–H and O–H groups in total. The van der Waals surface area contributed by atoms with Crippen LogP contribution in [-0.4, -0.2) is 21.0 Å². The number of carboxylic acid groups (broad SMARTS) is 1. The third kappa shape index (κ3) is 2.66. The Morgan fingerprint density at radius 3 is 2.94 bits per heavy atom. The summed E-state index contributed by atoms with van der Waals surface area (Å²) in [5, 5.41) is 14.1. The zero-order valence-electron chi connectivity index (χ0n) is 8.15. The predicted molar refractivity (Wildman–Crippen MR) is 66.6 cm³/mol. The van der Waals surface area contributed by atoms with E-state index in [-0.39, 0.29) is 21.7 Å². The zero-order valence-corrected chi connectivity index (χ0v) is 10.5. The number of nitrogens with zero attached hydrogens (tertiary/aromatic N) is 2. The summed E-state index contributed by atoms with van der Waals surface area (Å²) in [4.78, 5) is 18.5. The predicted octanol–water partition coefficient (Wildman–Crippen LogP) is 3.29. The van der Waals surface area contributed by atoms with Crippen molar-refractivity contribution < 1.29 is 9.90 Å². The molecule has 0 fully saturated rings. The number of thiophene rings is 1. The summed E-state index contributed by atoms with van der Waals surface area (Å²) >= 11 is 12.7. The summed E-state index contributed by atoms with van der Waals surface area (Å²) < 4.78 is 0. The highest BCUT2D eigenvalue weighted by Gasteiger charge is 2.13. The van der Waals surface area contributed by atoms with Crippen LogP contribution in [-0.2, 0) is 0 Å². The molecule has 2 aromatic heterocycles. The van der Waals surface area contributed by atoms with E-state index in [1.165, 1.54) is 23.6 Å². The molecule has 0 spiro atoms. The van der Waals surface area contributed by atoms with E-state index in [1.54, 1.807) is 5.38 Å². The Bertz CT molecular complexity index is 573. The molecule has 17 heavy (non-hydrogen) atoms. The minimum absolute atomic E-state index is 0.0327. The highest BCUT2D eigenvalue weighted by molar-refractivity contribution is 7.14. The number of halogens is 2. The van der Waals surface area contributed by atoms with Crippen LogP contribution in [0.25, 0.3) is 0 Å². The van der Waals surface area contributed by atoms with Gasteiger partial charge in [0.15, 0.2) is 5.82 Å². The molecule has 0 amide bonds. The van der Waals surface area contributed by atoms with Crippen molar-refractivity contribution in [3.8, 4) is 0 Å². The molecule has 0 unspecified atom stereocenters. The Balaban J connectivity index is 2.34. The van der Waals surface area contributed by atoms with Gasteiger partial charge in [-0.2, -0.15) is 4.98 Å². The van der Waals surface area contributed by atoms with Crippen molar-refractivity contribution in [2.75, 3.05) is 5.32 Å². The van der Waals surface area contributed by atoms with Gasteiger partial charge in [-0.3, -0.25) is 0 Å². The fourth-order valence-electron chi connectivity index (χ4n) is 1.12. The van der Waals surface area contributed by atoms with Crippen molar-refractivity contribution in [1.29, 1.82) is 0 Å². The van der Waals surface area contributed by atoms with Gasteiger partial charge in [0.05, 0.1) is 11.8 Å². The van der Waals surface area contributed by atoms with Crippen LogP contribution >= 0.6 is 34.5 Å². The molecule has 0 saturated heterocycles. The first-order valence-corrected chi connectivity index (χ1v) is 5.97. The Kier molecular flexibility index (Phi) is 3.46. The van der Waals surface area contributed by atoms with Gasteiger partial charge >= 0.3 is 5.97 Å². The van der Waals surface area contributed by atoms with Crippen LogP contribution < -0.4 is 5.32 Å². The molecule has 2 aromatic rings. The molecule has 0 aliphatic heterocycles. The van der Waals surface area contributed by atoms with Gasteiger partial charge in [0.1, 0.15) is 10.0 Å². The number of hydrogen-bond acceptors (Lipinski definition) is 5. The minimum Gasteiger partial charge on any atom is -0.478 e. The SMILES string of the molecule is O=C(O)c1ccsc1Nc1nc(Cl)ncc1Cl. The molecule has 0 bridgehead atoms. The molecule has 0 aliphatic carbocycles. The highest BCUT2D eigenvalue weighted by atomic mass is 35.5. The molecule has 0 aromatic carbocycles. The number of carboxylic acids is 1. The number of aromatic nitrogens is 2. The Morgan fingerprint density at radius 2 is 2.24 bits per heavy atom. The van der Waals surface area contributed by atoms with Crippen LogP contribution in [0.5, 0.6) is 0 Å². The third-order valence-corrected chi connectivity index (χ3v) is 3.13. The van der Waals surface area contributed by atoms with Gasteiger partial charge < -0.3 is 10.4 Å². The van der Waals surface area contributed by atoms with Gasteiger partial charge in [0.25, 0.3) is 0 Å². The largest absolute Gasteiger partial charge is 0.478 e. The second kappa shape index (κ2) is 4.87. The van der Waals surface area contributed by atoms with Crippen LogP contribution in [0.2, 0.25) is 10.3 Å². The van der Waals surface area contributed by atoms with E-state index in [1.807, 2.05) is 0 Å². The van der Waals surface area contributed by atoms with E-state index >= 15 is 0 Å². The summed E-state index contributed by atoms with van der Waals surface area (Å²) in [6, 6.07) is 1.49. The maximum atomic E-state index is 10.9. The number of hydrogen-bond donors (Lipinski definition) is 2. The second-order valence-corrected chi connectivity index (χ2v) is 4.59. The van der Waals surface area contributed by atoms with Gasteiger partial charge in [-0.15, -0.1) is 11.3 Å². The van der Waals surface area contributed by atoms with Crippen molar-refractivity contribution in [2.24, 2.45) is 0 Å². The molecular weight excluding hydrogens is 285 g/mol. The maximum Gasteiger partial charge on any atom is 0.338 e. The molecule has 5 nitrogen and oxygen atoms in total. The van der Waals surface area contributed by atoms with E-state index in [0.717, 1.165) is 0 Å². The van der Waals surface area contributed by atoms with Gasteiger partial charge in [-0.25, -0.2) is 9.78 Å². The number of carbonyl (C=O) groups is 1. The Labute approximate surface area is 110 Å². The molecule has 8 heteroatoms. The lowest BCUT2D eigenvalue weighted by molar-refractivity contribution is 0.0698. The van der Waals surface area contributed by atoms with Crippen LogP contribution in [0.4, 0.5) is 10.8 Å². The molecule has 2 heterocycles. The van der Waals surface area contributed by atoms with E-state index in [9.17, 15) is 4.79 Å². The standard InChI is InChI=1S/C9H5Cl2N3O2S/c10-5-3-12-9(11)14-6(5)13-7-4(8(15)16)1-2-17-7/h1-3H,(H,15,16)(H,12,13,14). The number of aromatic carboxylic acids is 1. The monoisotopic (exact) mass is 289 g/mol. The van der Waals surface area contributed by atoms with Crippen LogP contribution in [0, 0.1) is 0 Å². The maximum absolute atomic E-state index is 10.9. The van der Waals surface area contributed by atoms with E-state index in [2.05, 4.69) is 15.3 Å². The second-order valence-electron chi connectivity index (χ2n) is 2.93. The van der Waals surface area contributed by atoms with E-state index in [0.29, 0.717) is 5.00 Å². The fourth-order valence-corrected chi connectivity index (χ4v) is 2.17. The highest BCUT2D eigenvalue weighted by Crippen LogP contribution is 2.29. The first kappa shape index (κ1) is 12.1. The zero-order chi connectivity index (χ0) is 12.4. The molecule has 0 saturated carbocycles. The molecular formula is C9H5Cl2N3O2S. The molecule has 88 valence electrons. The first-order valence-electron chi connectivity index (χ1n) is 4.34. The van der Waals surface area contributed by atoms with Crippen molar-refractivity contribution in [1.82, 2.24) is 9.97 Å². The summed E-state index contributed by atoms with van der Waals surface area (Å²) in [6.07, 6.45) is 1.34. The number of rotatable bonds is 3. The van der Waals surface area contributed by atoms with Gasteiger partial charge in [-0.05, 0) is 23.0 Å². The lowest BCUT2D eigenvalue weighted by Gasteiger charge is -2.05. The smallest absolute Gasteiger partial charge is 0.338 e. The molecule has 2 rings (SSSR count). The Morgan fingerprint density at radius 1 is 1.47 bits per heavy atom. The Hall–Kier alpha value is -1.37. The van der Waals surface area contributed by atoms with Crippen molar-refractivity contribution in [3.63, 3.8) is 0 Å². The summed E-state index contributed by atoms with van der Waals surface area (Å²) in [6.45, 7) is 0. The average molecular weight is 290 g/mol. The summed E-state index contributed by atoms with van der Waals surface area (Å²) in [7, 11) is 0. The average Bonchev–Trinajstić information content (AvgIpc) is 2.71. The van der Waals surface area contributed by atoms with Gasteiger partial charge in [-0.1, -0.05) is 11.6 Å². The van der Waals surface area contributed by atoms with Gasteiger partial charge in [0, 0.05) is 0 Å². The normalized spacial score (nSPS) is 10.2.